The van der Waals surface area contributed by atoms with Crippen LogP contribution in [0.3, 0.4) is 0 Å². The number of amides is 1. The standard InChI is InChI=1S/C22H30N2O5S/c1-16(2)13-19(17-9-7-6-8-10-17)23-22(25)15-24(30(5,26)27)18-11-12-20(28-3)21(14-18)29-4/h6-12,14,16,19H,13,15H2,1-5H3,(H,23,25)/t19-/m0/s1. The highest BCUT2D eigenvalue weighted by Gasteiger charge is 2.24. The van der Waals surface area contributed by atoms with Crippen molar-refractivity contribution >= 4 is 21.6 Å². The molecule has 0 aliphatic rings. The SMILES string of the molecule is COc1ccc(N(CC(=O)N[C@@H](CC(C)C)c2ccccc2)S(C)(=O)=O)cc1OC. The third kappa shape index (κ3) is 6.38. The number of anilines is 1. The van der Waals surface area contributed by atoms with Crippen molar-refractivity contribution in [2.24, 2.45) is 5.92 Å². The Morgan fingerprint density at radius 3 is 2.20 bits per heavy atom. The van der Waals surface area contributed by atoms with Crippen LogP contribution in [-0.2, 0) is 14.8 Å². The zero-order chi connectivity index (χ0) is 22.3. The number of rotatable bonds is 10. The molecule has 7 nitrogen and oxygen atoms in total. The lowest BCUT2D eigenvalue weighted by Gasteiger charge is -2.26. The number of methoxy groups -OCH3 is 2. The Labute approximate surface area is 179 Å². The van der Waals surface area contributed by atoms with Crippen molar-refractivity contribution in [1.82, 2.24) is 5.32 Å². The first-order valence-corrected chi connectivity index (χ1v) is 11.5. The zero-order valence-corrected chi connectivity index (χ0v) is 18.9. The maximum atomic E-state index is 12.8. The van der Waals surface area contributed by atoms with E-state index in [1.165, 1.54) is 20.3 Å². The maximum absolute atomic E-state index is 12.8. The summed E-state index contributed by atoms with van der Waals surface area (Å²) < 4.78 is 36.4. The van der Waals surface area contributed by atoms with Crippen LogP contribution in [0.5, 0.6) is 11.5 Å². The van der Waals surface area contributed by atoms with Gasteiger partial charge in [-0.2, -0.15) is 0 Å². The van der Waals surface area contributed by atoms with Crippen LogP contribution in [0.15, 0.2) is 48.5 Å². The molecule has 0 saturated carbocycles. The quantitative estimate of drug-likeness (QED) is 0.620. The van der Waals surface area contributed by atoms with Gasteiger partial charge in [-0.05, 0) is 30.0 Å². The number of carbonyl (C=O) groups is 1. The van der Waals surface area contributed by atoms with Crippen LogP contribution in [0.2, 0.25) is 0 Å². The molecule has 0 saturated heterocycles. The molecule has 0 bridgehead atoms. The van der Waals surface area contributed by atoms with Crippen LogP contribution in [0.4, 0.5) is 5.69 Å². The molecule has 1 amide bonds. The molecule has 0 heterocycles. The maximum Gasteiger partial charge on any atom is 0.241 e. The summed E-state index contributed by atoms with van der Waals surface area (Å²) in [6.07, 6.45) is 1.81. The van der Waals surface area contributed by atoms with E-state index < -0.39 is 10.0 Å². The van der Waals surface area contributed by atoms with E-state index >= 15 is 0 Å². The molecule has 0 unspecified atom stereocenters. The van der Waals surface area contributed by atoms with Crippen molar-refractivity contribution in [2.45, 2.75) is 26.3 Å². The summed E-state index contributed by atoms with van der Waals surface area (Å²) in [6.45, 7) is 3.82. The molecular weight excluding hydrogens is 404 g/mol. The molecule has 0 aliphatic heterocycles. The first-order chi connectivity index (χ1) is 14.2. The van der Waals surface area contributed by atoms with Gasteiger partial charge in [-0.3, -0.25) is 9.10 Å². The Morgan fingerprint density at radius 1 is 1.03 bits per heavy atom. The topological polar surface area (TPSA) is 84.9 Å². The number of hydrogen-bond acceptors (Lipinski definition) is 5. The van der Waals surface area contributed by atoms with Gasteiger partial charge < -0.3 is 14.8 Å². The average molecular weight is 435 g/mol. The van der Waals surface area contributed by atoms with E-state index in [4.69, 9.17) is 9.47 Å². The molecule has 2 rings (SSSR count). The second-order valence-corrected chi connectivity index (χ2v) is 9.38. The molecule has 0 spiro atoms. The molecule has 1 N–H and O–H groups in total. The van der Waals surface area contributed by atoms with Crippen molar-refractivity contribution in [1.29, 1.82) is 0 Å². The minimum Gasteiger partial charge on any atom is -0.493 e. The van der Waals surface area contributed by atoms with Crippen LogP contribution in [0.25, 0.3) is 0 Å². The van der Waals surface area contributed by atoms with E-state index in [2.05, 4.69) is 19.2 Å². The number of nitrogens with one attached hydrogen (secondary N) is 1. The van der Waals surface area contributed by atoms with Crippen LogP contribution in [0.1, 0.15) is 31.9 Å². The highest BCUT2D eigenvalue weighted by Crippen LogP contribution is 2.32. The lowest BCUT2D eigenvalue weighted by molar-refractivity contribution is -0.120. The van der Waals surface area contributed by atoms with Crippen molar-refractivity contribution in [3.05, 3.63) is 54.1 Å². The molecule has 164 valence electrons. The second kappa shape index (κ2) is 10.3. The fourth-order valence-corrected chi connectivity index (χ4v) is 4.03. The number of ether oxygens (including phenoxy) is 2. The van der Waals surface area contributed by atoms with Crippen LogP contribution >= 0.6 is 0 Å². The predicted molar refractivity (Wildman–Crippen MR) is 119 cm³/mol. The molecule has 0 aliphatic carbocycles. The molecule has 2 aromatic rings. The van der Waals surface area contributed by atoms with Gasteiger partial charge in [0, 0.05) is 6.07 Å². The Kier molecular flexibility index (Phi) is 8.11. The summed E-state index contributed by atoms with van der Waals surface area (Å²) in [6, 6.07) is 14.2. The van der Waals surface area contributed by atoms with Gasteiger partial charge in [0.1, 0.15) is 6.54 Å². The van der Waals surface area contributed by atoms with E-state index in [0.29, 0.717) is 23.1 Å². The smallest absolute Gasteiger partial charge is 0.241 e. The lowest BCUT2D eigenvalue weighted by atomic mass is 9.97. The van der Waals surface area contributed by atoms with Crippen molar-refractivity contribution < 1.29 is 22.7 Å². The lowest BCUT2D eigenvalue weighted by Crippen LogP contribution is -2.41. The van der Waals surface area contributed by atoms with E-state index in [1.54, 1.807) is 12.1 Å². The first kappa shape index (κ1) is 23.5. The Morgan fingerprint density at radius 2 is 1.67 bits per heavy atom. The van der Waals surface area contributed by atoms with Crippen LogP contribution < -0.4 is 19.1 Å². The number of nitrogens with zero attached hydrogens (tertiary/aromatic N) is 1. The number of sulfonamides is 1. The molecule has 0 fully saturated rings. The second-order valence-electron chi connectivity index (χ2n) is 7.47. The summed E-state index contributed by atoms with van der Waals surface area (Å²) in [4.78, 5) is 12.8. The van der Waals surface area contributed by atoms with Crippen molar-refractivity contribution in [3.8, 4) is 11.5 Å². The highest BCUT2D eigenvalue weighted by molar-refractivity contribution is 7.92. The summed E-state index contributed by atoms with van der Waals surface area (Å²) in [7, 11) is -0.739. The van der Waals surface area contributed by atoms with Gasteiger partial charge in [0.05, 0.1) is 32.2 Å². The first-order valence-electron chi connectivity index (χ1n) is 9.69. The normalized spacial score (nSPS) is 12.3. The Bertz CT molecular complexity index is 945. The minimum atomic E-state index is -3.70. The molecule has 0 radical (unpaired) electrons. The van der Waals surface area contributed by atoms with Gasteiger partial charge in [0.15, 0.2) is 11.5 Å². The third-order valence-corrected chi connectivity index (χ3v) is 5.73. The van der Waals surface area contributed by atoms with Crippen LogP contribution in [0, 0.1) is 5.92 Å². The largest absolute Gasteiger partial charge is 0.493 e. The fraction of sp³-hybridized carbons (Fsp3) is 0.409. The summed E-state index contributed by atoms with van der Waals surface area (Å²) in [5.74, 6) is 0.823. The predicted octanol–water partition coefficient (Wildman–Crippen LogP) is 3.37. The monoisotopic (exact) mass is 434 g/mol. The van der Waals surface area contributed by atoms with Crippen molar-refractivity contribution in [3.63, 3.8) is 0 Å². The van der Waals surface area contributed by atoms with E-state index in [1.807, 2.05) is 30.3 Å². The van der Waals surface area contributed by atoms with E-state index in [0.717, 1.165) is 22.5 Å². The summed E-state index contributed by atoms with van der Waals surface area (Å²) in [5.41, 5.74) is 1.31. The van der Waals surface area contributed by atoms with Gasteiger partial charge in [0.2, 0.25) is 15.9 Å². The molecule has 1 atom stereocenters. The van der Waals surface area contributed by atoms with Crippen molar-refractivity contribution in [2.75, 3.05) is 31.3 Å². The van der Waals surface area contributed by atoms with Gasteiger partial charge in [0.25, 0.3) is 0 Å². The summed E-state index contributed by atoms with van der Waals surface area (Å²) in [5, 5.41) is 2.99. The van der Waals surface area contributed by atoms with Gasteiger partial charge >= 0.3 is 0 Å². The Balaban J connectivity index is 2.27. The van der Waals surface area contributed by atoms with Crippen LogP contribution in [-0.4, -0.2) is 41.3 Å². The number of carbonyl (C=O) groups excluding carboxylic acids is 1. The number of benzene rings is 2. The average Bonchev–Trinajstić information content (AvgIpc) is 2.70. The van der Waals surface area contributed by atoms with Gasteiger partial charge in [-0.25, -0.2) is 8.42 Å². The zero-order valence-electron chi connectivity index (χ0n) is 18.1. The van der Waals surface area contributed by atoms with E-state index in [9.17, 15) is 13.2 Å². The van der Waals surface area contributed by atoms with Gasteiger partial charge in [-0.15, -0.1) is 0 Å². The molecule has 30 heavy (non-hydrogen) atoms. The molecule has 2 aromatic carbocycles. The molecule has 0 aromatic heterocycles. The van der Waals surface area contributed by atoms with E-state index in [-0.39, 0.29) is 18.5 Å². The number of hydrogen-bond donors (Lipinski definition) is 1. The Hall–Kier alpha value is -2.74. The van der Waals surface area contributed by atoms with Gasteiger partial charge in [-0.1, -0.05) is 44.2 Å². The fourth-order valence-electron chi connectivity index (χ4n) is 3.19. The molecule has 8 heteroatoms. The molecular formula is C22H30N2O5S. The summed E-state index contributed by atoms with van der Waals surface area (Å²) >= 11 is 0. The highest BCUT2D eigenvalue weighted by atomic mass is 32.2. The minimum absolute atomic E-state index is 0.203. The third-order valence-electron chi connectivity index (χ3n) is 4.59.